The van der Waals surface area contributed by atoms with Crippen molar-refractivity contribution in [3.8, 4) is 0 Å². The van der Waals surface area contributed by atoms with Crippen LogP contribution >= 0.6 is 0 Å². The number of benzene rings is 2. The highest BCUT2D eigenvalue weighted by atomic mass is 28.4. The van der Waals surface area contributed by atoms with E-state index in [4.69, 9.17) is 13.9 Å². The zero-order valence-electron chi connectivity index (χ0n) is 19.5. The van der Waals surface area contributed by atoms with Crippen molar-refractivity contribution in [1.82, 2.24) is 0 Å². The lowest BCUT2D eigenvalue weighted by Gasteiger charge is -2.45. The average Bonchev–Trinajstić information content (AvgIpc) is 2.79. The van der Waals surface area contributed by atoms with Crippen LogP contribution in [0, 0.1) is 0 Å². The molecule has 1 heterocycles. The Labute approximate surface area is 188 Å². The molecule has 1 saturated heterocycles. The third-order valence-electron chi connectivity index (χ3n) is 6.46. The van der Waals surface area contributed by atoms with Crippen molar-refractivity contribution in [3.63, 3.8) is 0 Å². The number of aliphatic hydroxyl groups is 1. The summed E-state index contributed by atoms with van der Waals surface area (Å²) in [5, 5.41) is 11.8. The zero-order chi connectivity index (χ0) is 22.4. The van der Waals surface area contributed by atoms with Crippen LogP contribution in [0.2, 0.25) is 5.04 Å². The van der Waals surface area contributed by atoms with Crippen molar-refractivity contribution in [1.29, 1.82) is 0 Å². The van der Waals surface area contributed by atoms with Crippen LogP contribution in [0.25, 0.3) is 0 Å². The van der Waals surface area contributed by atoms with E-state index >= 15 is 0 Å². The van der Waals surface area contributed by atoms with Crippen LogP contribution in [0.4, 0.5) is 0 Å². The molecular formula is C26H38O4Si. The second kappa shape index (κ2) is 10.4. The van der Waals surface area contributed by atoms with E-state index in [1.165, 1.54) is 10.4 Å². The molecule has 1 aliphatic heterocycles. The minimum absolute atomic E-state index is 0.0194. The fourth-order valence-corrected chi connectivity index (χ4v) is 9.49. The van der Waals surface area contributed by atoms with Crippen LogP contribution < -0.4 is 10.4 Å². The summed E-state index contributed by atoms with van der Waals surface area (Å²) in [7, 11) is -0.865. The van der Waals surface area contributed by atoms with Gasteiger partial charge in [0.15, 0.2) is 5.79 Å². The van der Waals surface area contributed by atoms with Crippen molar-refractivity contribution in [2.24, 2.45) is 0 Å². The second-order valence-electron chi connectivity index (χ2n) is 9.55. The maximum Gasteiger partial charge on any atom is 0.261 e. The van der Waals surface area contributed by atoms with Gasteiger partial charge in [-0.3, -0.25) is 0 Å². The molecule has 1 aliphatic rings. The lowest BCUT2D eigenvalue weighted by atomic mass is 9.97. The molecule has 2 aromatic rings. The first-order valence-electron chi connectivity index (χ1n) is 11.5. The van der Waals surface area contributed by atoms with Crippen LogP contribution in [-0.2, 0) is 13.9 Å². The summed E-state index contributed by atoms with van der Waals surface area (Å²) in [6, 6.07) is 21.4. The Kier molecular flexibility index (Phi) is 8.11. The van der Waals surface area contributed by atoms with E-state index < -0.39 is 14.1 Å². The minimum Gasteiger partial charge on any atom is -0.405 e. The van der Waals surface area contributed by atoms with E-state index in [0.717, 1.165) is 19.3 Å². The highest BCUT2D eigenvalue weighted by Crippen LogP contribution is 2.38. The molecule has 0 saturated carbocycles. The van der Waals surface area contributed by atoms with Crippen molar-refractivity contribution in [2.45, 2.75) is 69.8 Å². The molecule has 0 radical (unpaired) electrons. The van der Waals surface area contributed by atoms with Gasteiger partial charge < -0.3 is 19.0 Å². The highest BCUT2D eigenvalue weighted by molar-refractivity contribution is 6.99. The lowest BCUT2D eigenvalue weighted by Crippen LogP contribution is -2.67. The summed E-state index contributed by atoms with van der Waals surface area (Å²) in [4.78, 5) is 0. The number of hydrogen-bond donors (Lipinski definition) is 1. The summed E-state index contributed by atoms with van der Waals surface area (Å²) < 4.78 is 19.3. The summed E-state index contributed by atoms with van der Waals surface area (Å²) in [5.74, 6) is -0.611. The topological polar surface area (TPSA) is 47.9 Å². The predicted octanol–water partition coefficient (Wildman–Crippen LogP) is 4.25. The zero-order valence-corrected chi connectivity index (χ0v) is 20.5. The smallest absolute Gasteiger partial charge is 0.261 e. The third kappa shape index (κ3) is 5.29. The first kappa shape index (κ1) is 24.1. The van der Waals surface area contributed by atoms with Gasteiger partial charge in [-0.25, -0.2) is 0 Å². The van der Waals surface area contributed by atoms with Gasteiger partial charge in [0.2, 0.25) is 0 Å². The summed E-state index contributed by atoms with van der Waals surface area (Å²) >= 11 is 0. The maximum atomic E-state index is 9.29. The Morgan fingerprint density at radius 3 is 2.10 bits per heavy atom. The van der Waals surface area contributed by atoms with Gasteiger partial charge in [-0.05, 0) is 34.7 Å². The minimum atomic E-state index is -2.58. The molecule has 2 atom stereocenters. The molecule has 0 aromatic heterocycles. The van der Waals surface area contributed by atoms with Gasteiger partial charge in [-0.1, -0.05) is 81.4 Å². The van der Waals surface area contributed by atoms with E-state index in [0.29, 0.717) is 19.4 Å². The van der Waals surface area contributed by atoms with Crippen molar-refractivity contribution < 1.29 is 19.0 Å². The normalized spacial score (nSPS) is 22.4. The van der Waals surface area contributed by atoms with Crippen LogP contribution in [0.1, 0.15) is 52.9 Å². The number of rotatable bonds is 9. The second-order valence-corrected chi connectivity index (χ2v) is 13.9. The van der Waals surface area contributed by atoms with Crippen molar-refractivity contribution >= 4 is 18.7 Å². The van der Waals surface area contributed by atoms with E-state index in [-0.39, 0.29) is 17.7 Å². The SMILES string of the molecule is CO[C@]1(CCCO)CCC[C@@H](CO[Si](c2ccccc2)(c2ccccc2)C(C)(C)C)O1. The standard InChI is InChI=1S/C26H38O4Si/c1-25(2,3)31(23-14-7-5-8-15-23,24-16-9-6-10-17-24)29-21-22-13-11-18-26(28-4,30-22)19-12-20-27/h5-10,14-17,22,27H,11-13,18-21H2,1-4H3/t22-,26+/m0/s1. The van der Waals surface area contributed by atoms with E-state index in [1.807, 2.05) is 0 Å². The molecule has 1 fully saturated rings. The Balaban J connectivity index is 1.91. The Morgan fingerprint density at radius 2 is 1.61 bits per heavy atom. The summed E-state index contributed by atoms with van der Waals surface area (Å²) in [5.41, 5.74) is 0. The molecule has 0 bridgehead atoms. The predicted molar refractivity (Wildman–Crippen MR) is 128 cm³/mol. The maximum absolute atomic E-state index is 9.29. The van der Waals surface area contributed by atoms with Crippen LogP contribution in [-0.4, -0.2) is 45.6 Å². The Bertz CT molecular complexity index is 751. The van der Waals surface area contributed by atoms with Crippen LogP contribution in [0.3, 0.4) is 0 Å². The lowest BCUT2D eigenvalue weighted by molar-refractivity contribution is -0.276. The van der Waals surface area contributed by atoms with E-state index in [1.54, 1.807) is 7.11 Å². The van der Waals surface area contributed by atoms with Crippen LogP contribution in [0.15, 0.2) is 60.7 Å². The largest absolute Gasteiger partial charge is 0.405 e. The molecule has 170 valence electrons. The van der Waals surface area contributed by atoms with E-state index in [9.17, 15) is 5.11 Å². The van der Waals surface area contributed by atoms with E-state index in [2.05, 4.69) is 81.4 Å². The highest BCUT2D eigenvalue weighted by Gasteiger charge is 2.51. The number of hydrogen-bond acceptors (Lipinski definition) is 4. The first-order chi connectivity index (χ1) is 14.9. The number of ether oxygens (including phenoxy) is 2. The summed E-state index contributed by atoms with van der Waals surface area (Å²) in [6.45, 7) is 7.57. The molecule has 0 unspecified atom stereocenters. The van der Waals surface area contributed by atoms with Gasteiger partial charge >= 0.3 is 0 Å². The van der Waals surface area contributed by atoms with Gasteiger partial charge in [0.05, 0.1) is 12.7 Å². The van der Waals surface area contributed by atoms with Crippen molar-refractivity contribution in [3.05, 3.63) is 60.7 Å². The fourth-order valence-electron chi connectivity index (χ4n) is 4.90. The van der Waals surface area contributed by atoms with Crippen LogP contribution in [0.5, 0.6) is 0 Å². The van der Waals surface area contributed by atoms with Gasteiger partial charge in [0.1, 0.15) is 0 Å². The monoisotopic (exact) mass is 442 g/mol. The molecule has 4 nitrogen and oxygen atoms in total. The number of methoxy groups -OCH3 is 1. The first-order valence-corrected chi connectivity index (χ1v) is 13.4. The molecular weight excluding hydrogens is 404 g/mol. The third-order valence-corrected chi connectivity index (χ3v) is 11.5. The van der Waals surface area contributed by atoms with Gasteiger partial charge in [0, 0.05) is 26.6 Å². The van der Waals surface area contributed by atoms with Crippen molar-refractivity contribution in [2.75, 3.05) is 20.3 Å². The molecule has 3 rings (SSSR count). The average molecular weight is 443 g/mol. The Morgan fingerprint density at radius 1 is 1.03 bits per heavy atom. The summed E-state index contributed by atoms with van der Waals surface area (Å²) in [6.07, 6.45) is 4.22. The molecule has 0 spiro atoms. The number of aliphatic hydroxyl groups excluding tert-OH is 1. The molecule has 31 heavy (non-hydrogen) atoms. The van der Waals surface area contributed by atoms with Gasteiger partial charge in [0.25, 0.3) is 8.32 Å². The molecule has 1 N–H and O–H groups in total. The molecule has 2 aromatic carbocycles. The fraction of sp³-hybridized carbons (Fsp3) is 0.538. The van der Waals surface area contributed by atoms with Gasteiger partial charge in [-0.15, -0.1) is 0 Å². The Hall–Kier alpha value is -1.50. The molecule has 0 amide bonds. The molecule has 0 aliphatic carbocycles. The quantitative estimate of drug-likeness (QED) is 0.590. The van der Waals surface area contributed by atoms with Gasteiger partial charge in [-0.2, -0.15) is 0 Å². The molecule has 5 heteroatoms.